The monoisotopic (exact) mass is 314 g/mol. The zero-order valence-corrected chi connectivity index (χ0v) is 12.1. The highest BCUT2D eigenvalue weighted by atomic mass is 79.9. The minimum atomic E-state index is -0.391. The summed E-state index contributed by atoms with van der Waals surface area (Å²) in [4.78, 5) is 0. The van der Waals surface area contributed by atoms with Gasteiger partial charge in [-0.3, -0.25) is 0 Å². The molecule has 3 atom stereocenters. The van der Waals surface area contributed by atoms with Gasteiger partial charge in [-0.05, 0) is 18.6 Å². The standard InChI is InChI=1S/C13H15BrO2S/c1-8-5-13(7-17-8)6-11(15)10-3-2-9(14)4-12(10)16-13/h2-4,8,11,15H,5-7H2,1H3/t8?,11-,13?/m1/s1. The van der Waals surface area contributed by atoms with Crippen molar-refractivity contribution in [3.8, 4) is 5.75 Å². The first-order valence-corrected chi connectivity index (χ1v) is 7.70. The average molecular weight is 315 g/mol. The van der Waals surface area contributed by atoms with E-state index in [-0.39, 0.29) is 5.60 Å². The summed E-state index contributed by atoms with van der Waals surface area (Å²) in [5, 5.41) is 10.9. The first kappa shape index (κ1) is 11.9. The SMILES string of the molecule is CC1CC2(CS1)C[C@@H](O)c1ccc(Br)cc1O2. The second-order valence-corrected chi connectivity index (χ2v) is 7.36. The Balaban J connectivity index is 1.97. The van der Waals surface area contributed by atoms with Crippen LogP contribution in [0.25, 0.3) is 0 Å². The van der Waals surface area contributed by atoms with Crippen LogP contribution in [0.15, 0.2) is 22.7 Å². The maximum Gasteiger partial charge on any atom is 0.127 e. The molecular weight excluding hydrogens is 300 g/mol. The van der Waals surface area contributed by atoms with Gasteiger partial charge in [0.25, 0.3) is 0 Å². The van der Waals surface area contributed by atoms with Crippen LogP contribution in [0.2, 0.25) is 0 Å². The number of hydrogen-bond acceptors (Lipinski definition) is 3. The molecule has 1 fully saturated rings. The van der Waals surface area contributed by atoms with Crippen molar-refractivity contribution in [3.63, 3.8) is 0 Å². The van der Waals surface area contributed by atoms with Crippen LogP contribution < -0.4 is 4.74 Å². The molecule has 0 amide bonds. The summed E-state index contributed by atoms with van der Waals surface area (Å²) in [6, 6.07) is 5.87. The van der Waals surface area contributed by atoms with E-state index < -0.39 is 6.10 Å². The molecule has 1 N–H and O–H groups in total. The minimum Gasteiger partial charge on any atom is -0.486 e. The molecule has 1 aromatic rings. The van der Waals surface area contributed by atoms with Gasteiger partial charge >= 0.3 is 0 Å². The highest BCUT2D eigenvalue weighted by Gasteiger charge is 2.45. The molecule has 2 nitrogen and oxygen atoms in total. The smallest absolute Gasteiger partial charge is 0.127 e. The Hall–Kier alpha value is -0.190. The van der Waals surface area contributed by atoms with Crippen molar-refractivity contribution in [3.05, 3.63) is 28.2 Å². The molecule has 1 aromatic carbocycles. The van der Waals surface area contributed by atoms with Gasteiger partial charge in [0.1, 0.15) is 11.4 Å². The van der Waals surface area contributed by atoms with E-state index in [9.17, 15) is 5.11 Å². The Morgan fingerprint density at radius 2 is 2.29 bits per heavy atom. The summed E-state index contributed by atoms with van der Waals surface area (Å²) in [6.45, 7) is 2.23. The number of fused-ring (bicyclic) bond motifs is 1. The molecule has 0 aromatic heterocycles. The zero-order valence-electron chi connectivity index (χ0n) is 9.65. The van der Waals surface area contributed by atoms with Crippen molar-refractivity contribution >= 4 is 27.7 Å². The van der Waals surface area contributed by atoms with Crippen molar-refractivity contribution < 1.29 is 9.84 Å². The maximum atomic E-state index is 10.3. The molecule has 2 unspecified atom stereocenters. The lowest BCUT2D eigenvalue weighted by atomic mass is 9.87. The molecule has 1 spiro atoms. The van der Waals surface area contributed by atoms with Gasteiger partial charge in [-0.1, -0.05) is 28.9 Å². The van der Waals surface area contributed by atoms with Crippen molar-refractivity contribution in [1.29, 1.82) is 0 Å². The van der Waals surface area contributed by atoms with Crippen LogP contribution in [0.4, 0.5) is 0 Å². The predicted molar refractivity (Wildman–Crippen MR) is 73.6 cm³/mol. The zero-order chi connectivity index (χ0) is 12.0. The van der Waals surface area contributed by atoms with Crippen molar-refractivity contribution in [1.82, 2.24) is 0 Å². The van der Waals surface area contributed by atoms with E-state index in [0.717, 1.165) is 34.4 Å². The fourth-order valence-electron chi connectivity index (χ4n) is 2.76. The lowest BCUT2D eigenvalue weighted by Gasteiger charge is -2.37. The summed E-state index contributed by atoms with van der Waals surface area (Å²) < 4.78 is 7.19. The van der Waals surface area contributed by atoms with Crippen LogP contribution >= 0.6 is 27.7 Å². The Morgan fingerprint density at radius 3 is 3.00 bits per heavy atom. The highest BCUT2D eigenvalue weighted by molar-refractivity contribution is 9.10. The van der Waals surface area contributed by atoms with Crippen molar-refractivity contribution in [2.75, 3.05) is 5.75 Å². The van der Waals surface area contributed by atoms with E-state index in [0.29, 0.717) is 5.25 Å². The summed E-state index contributed by atoms with van der Waals surface area (Å²) in [5.41, 5.74) is 0.764. The third-order valence-corrected chi connectivity index (χ3v) is 5.44. The van der Waals surface area contributed by atoms with E-state index in [4.69, 9.17) is 4.74 Å². The van der Waals surface area contributed by atoms with Gasteiger partial charge in [0.2, 0.25) is 0 Å². The van der Waals surface area contributed by atoms with Gasteiger partial charge in [0.05, 0.1) is 6.10 Å². The third kappa shape index (κ3) is 2.11. The van der Waals surface area contributed by atoms with Gasteiger partial charge < -0.3 is 9.84 Å². The van der Waals surface area contributed by atoms with E-state index in [1.165, 1.54) is 0 Å². The Bertz CT molecular complexity index is 451. The van der Waals surface area contributed by atoms with Crippen LogP contribution in [0.1, 0.15) is 31.4 Å². The lowest BCUT2D eigenvalue weighted by Crippen LogP contribution is -2.41. The summed E-state index contributed by atoms with van der Waals surface area (Å²) >= 11 is 5.39. The Kier molecular flexibility index (Phi) is 2.92. The van der Waals surface area contributed by atoms with Crippen molar-refractivity contribution in [2.45, 2.75) is 36.7 Å². The molecule has 2 heterocycles. The van der Waals surface area contributed by atoms with Gasteiger partial charge in [-0.25, -0.2) is 0 Å². The first-order valence-electron chi connectivity index (χ1n) is 5.86. The van der Waals surface area contributed by atoms with E-state index in [2.05, 4.69) is 22.9 Å². The number of aliphatic hydroxyl groups excluding tert-OH is 1. The molecule has 17 heavy (non-hydrogen) atoms. The van der Waals surface area contributed by atoms with Gasteiger partial charge in [-0.15, -0.1) is 0 Å². The van der Waals surface area contributed by atoms with E-state index in [1.807, 2.05) is 30.0 Å². The van der Waals surface area contributed by atoms with Crippen LogP contribution in [0, 0.1) is 0 Å². The number of aliphatic hydroxyl groups is 1. The number of benzene rings is 1. The fraction of sp³-hybridized carbons (Fsp3) is 0.538. The summed E-state index contributed by atoms with van der Waals surface area (Å²) in [7, 11) is 0. The quantitative estimate of drug-likeness (QED) is 0.794. The lowest BCUT2D eigenvalue weighted by molar-refractivity contribution is 0.00146. The normalized spacial score (nSPS) is 35.7. The van der Waals surface area contributed by atoms with E-state index in [1.54, 1.807) is 0 Å². The molecule has 2 aliphatic heterocycles. The molecule has 0 bridgehead atoms. The molecule has 0 radical (unpaired) electrons. The minimum absolute atomic E-state index is 0.155. The molecular formula is C13H15BrO2S. The van der Waals surface area contributed by atoms with Crippen LogP contribution in [-0.4, -0.2) is 21.7 Å². The summed E-state index contributed by atoms with van der Waals surface area (Å²) in [5.74, 6) is 1.82. The molecule has 0 saturated carbocycles. The molecule has 1 saturated heterocycles. The molecule has 2 aliphatic rings. The average Bonchev–Trinajstić information content (AvgIpc) is 2.58. The number of ether oxygens (including phenoxy) is 1. The van der Waals surface area contributed by atoms with Gasteiger partial charge in [0, 0.05) is 27.5 Å². The number of hydrogen-bond donors (Lipinski definition) is 1. The number of halogens is 1. The first-order chi connectivity index (χ1) is 8.08. The van der Waals surface area contributed by atoms with E-state index >= 15 is 0 Å². The fourth-order valence-corrected chi connectivity index (χ4v) is 4.40. The number of thioether (sulfide) groups is 1. The third-order valence-electron chi connectivity index (χ3n) is 3.52. The van der Waals surface area contributed by atoms with Gasteiger partial charge in [-0.2, -0.15) is 11.8 Å². The summed E-state index contributed by atoms with van der Waals surface area (Å²) in [6.07, 6.45) is 1.36. The Labute approximate surface area is 114 Å². The van der Waals surface area contributed by atoms with Crippen LogP contribution in [0.3, 0.4) is 0 Å². The van der Waals surface area contributed by atoms with Crippen LogP contribution in [-0.2, 0) is 0 Å². The molecule has 4 heteroatoms. The predicted octanol–water partition coefficient (Wildman–Crippen LogP) is 3.53. The maximum absolute atomic E-state index is 10.3. The van der Waals surface area contributed by atoms with Gasteiger partial charge in [0.15, 0.2) is 0 Å². The van der Waals surface area contributed by atoms with Crippen LogP contribution in [0.5, 0.6) is 5.75 Å². The molecule has 92 valence electrons. The second kappa shape index (κ2) is 4.18. The number of rotatable bonds is 0. The largest absolute Gasteiger partial charge is 0.486 e. The highest BCUT2D eigenvalue weighted by Crippen LogP contribution is 2.48. The van der Waals surface area contributed by atoms with Crippen molar-refractivity contribution in [2.24, 2.45) is 0 Å². The Morgan fingerprint density at radius 1 is 1.47 bits per heavy atom. The molecule has 3 rings (SSSR count). The topological polar surface area (TPSA) is 29.5 Å². The second-order valence-electron chi connectivity index (χ2n) is 5.01. The molecule has 0 aliphatic carbocycles.